The molecule has 1 aliphatic rings. The van der Waals surface area contributed by atoms with Gasteiger partial charge in [-0.1, -0.05) is 24.3 Å². The second-order valence-corrected chi connectivity index (χ2v) is 8.70. The molecule has 0 spiro atoms. The molecule has 1 fully saturated rings. The molecular formula is C23H31IN4OS. The number of likely N-dealkylation sites (tertiary alicyclic amines) is 1. The summed E-state index contributed by atoms with van der Waals surface area (Å²) in [7, 11) is 4.08. The van der Waals surface area contributed by atoms with Gasteiger partial charge >= 0.3 is 0 Å². The minimum absolute atomic E-state index is 0. The van der Waals surface area contributed by atoms with E-state index in [0.29, 0.717) is 12.0 Å². The number of fused-ring (bicyclic) bond motifs is 1. The largest absolute Gasteiger partial charge is 0.461 e. The van der Waals surface area contributed by atoms with Crippen LogP contribution in [0.1, 0.15) is 29.5 Å². The van der Waals surface area contributed by atoms with E-state index < -0.39 is 0 Å². The minimum atomic E-state index is 0. The zero-order chi connectivity index (χ0) is 20.1. The first-order chi connectivity index (χ1) is 14.2. The van der Waals surface area contributed by atoms with Crippen molar-refractivity contribution in [3.05, 3.63) is 58.5 Å². The first kappa shape index (κ1) is 23.1. The lowest BCUT2D eigenvalue weighted by Crippen LogP contribution is -2.45. The lowest BCUT2D eigenvalue weighted by molar-refractivity contribution is 0.125. The van der Waals surface area contributed by atoms with E-state index in [9.17, 15) is 0 Å². The molecule has 0 aliphatic carbocycles. The number of rotatable bonds is 6. The second-order valence-electron chi connectivity index (χ2n) is 7.72. The third kappa shape index (κ3) is 5.56. The van der Waals surface area contributed by atoms with Gasteiger partial charge in [-0.2, -0.15) is 0 Å². The molecular weight excluding hydrogens is 507 g/mol. The molecule has 5 nitrogen and oxygen atoms in total. The summed E-state index contributed by atoms with van der Waals surface area (Å²) in [6, 6.07) is 15.2. The van der Waals surface area contributed by atoms with Crippen LogP contribution >= 0.6 is 35.3 Å². The summed E-state index contributed by atoms with van der Waals surface area (Å²) in [5, 5.41) is 10.3. The maximum Gasteiger partial charge on any atom is 0.191 e. The predicted molar refractivity (Wildman–Crippen MR) is 137 cm³/mol. The molecule has 1 aliphatic heterocycles. The molecule has 2 N–H and O–H groups in total. The number of para-hydroxylation sites is 1. The zero-order valence-corrected chi connectivity index (χ0v) is 20.8. The van der Waals surface area contributed by atoms with E-state index in [0.717, 1.165) is 42.2 Å². The van der Waals surface area contributed by atoms with Gasteiger partial charge in [-0.25, -0.2) is 0 Å². The molecule has 2 unspecified atom stereocenters. The maximum atomic E-state index is 5.90. The Labute approximate surface area is 200 Å². The van der Waals surface area contributed by atoms with Crippen LogP contribution < -0.4 is 10.6 Å². The Balaban J connectivity index is 0.00000256. The van der Waals surface area contributed by atoms with E-state index in [4.69, 9.17) is 4.42 Å². The molecule has 1 saturated heterocycles. The van der Waals surface area contributed by atoms with Crippen molar-refractivity contribution < 1.29 is 4.42 Å². The smallest absolute Gasteiger partial charge is 0.191 e. The van der Waals surface area contributed by atoms with Gasteiger partial charge in [0.1, 0.15) is 11.3 Å². The molecule has 1 aromatic carbocycles. The Kier molecular flexibility index (Phi) is 8.59. The van der Waals surface area contributed by atoms with E-state index in [-0.39, 0.29) is 24.0 Å². The molecule has 2 aromatic heterocycles. The fraction of sp³-hybridized carbons (Fsp3) is 0.435. The number of hydrogen-bond acceptors (Lipinski definition) is 4. The number of aliphatic imine (C=N–C) groups is 1. The third-order valence-electron chi connectivity index (χ3n) is 5.74. The van der Waals surface area contributed by atoms with Crippen molar-refractivity contribution in [2.24, 2.45) is 10.9 Å². The molecule has 3 aromatic rings. The van der Waals surface area contributed by atoms with Crippen LogP contribution in [0, 0.1) is 5.92 Å². The highest BCUT2D eigenvalue weighted by molar-refractivity contribution is 14.0. The molecule has 0 radical (unpaired) electrons. The Bertz CT molecular complexity index is 907. The van der Waals surface area contributed by atoms with Crippen LogP contribution in [0.2, 0.25) is 0 Å². The van der Waals surface area contributed by atoms with Gasteiger partial charge in [0.15, 0.2) is 5.96 Å². The van der Waals surface area contributed by atoms with Crippen molar-refractivity contribution in [2.45, 2.75) is 25.3 Å². The SMILES string of the molecule is CN=C(NCCc1cc2ccccc2o1)NCC1CCCN(C)C1c1cccs1.I. The highest BCUT2D eigenvalue weighted by Crippen LogP contribution is 2.36. The lowest BCUT2D eigenvalue weighted by Gasteiger charge is -2.39. The summed E-state index contributed by atoms with van der Waals surface area (Å²) in [5.74, 6) is 2.45. The molecule has 3 heterocycles. The first-order valence-electron chi connectivity index (χ1n) is 10.4. The number of halogens is 1. The second kappa shape index (κ2) is 11.2. The summed E-state index contributed by atoms with van der Waals surface area (Å²) in [5.41, 5.74) is 0.950. The van der Waals surface area contributed by atoms with E-state index >= 15 is 0 Å². The van der Waals surface area contributed by atoms with Gasteiger partial charge in [0.2, 0.25) is 0 Å². The topological polar surface area (TPSA) is 52.8 Å². The van der Waals surface area contributed by atoms with Crippen molar-refractivity contribution >= 4 is 52.2 Å². The number of nitrogens with one attached hydrogen (secondary N) is 2. The molecule has 0 bridgehead atoms. The summed E-state index contributed by atoms with van der Waals surface area (Å²) in [4.78, 5) is 8.37. The molecule has 7 heteroatoms. The van der Waals surface area contributed by atoms with Crippen LogP contribution in [0.3, 0.4) is 0 Å². The number of thiophene rings is 1. The van der Waals surface area contributed by atoms with E-state index in [1.54, 1.807) is 0 Å². The molecule has 0 amide bonds. The summed E-state index contributed by atoms with van der Waals surface area (Å²) < 4.78 is 5.90. The Morgan fingerprint density at radius 3 is 2.87 bits per heavy atom. The fourth-order valence-electron chi connectivity index (χ4n) is 4.30. The van der Waals surface area contributed by atoms with Crippen molar-refractivity contribution in [2.75, 3.05) is 33.7 Å². The Morgan fingerprint density at radius 1 is 1.23 bits per heavy atom. The molecule has 162 valence electrons. The molecule has 2 atom stereocenters. The Hall–Kier alpha value is -1.58. The quantitative estimate of drug-likeness (QED) is 0.266. The van der Waals surface area contributed by atoms with Crippen molar-refractivity contribution in [3.63, 3.8) is 0 Å². The summed E-state index contributed by atoms with van der Waals surface area (Å²) in [6.45, 7) is 2.89. The van der Waals surface area contributed by atoms with Crippen LogP contribution in [0.15, 0.2) is 57.3 Å². The van der Waals surface area contributed by atoms with Crippen molar-refractivity contribution in [1.29, 1.82) is 0 Å². The van der Waals surface area contributed by atoms with Gasteiger partial charge < -0.3 is 15.1 Å². The van der Waals surface area contributed by atoms with Crippen LogP contribution in [0.25, 0.3) is 11.0 Å². The van der Waals surface area contributed by atoms with E-state index in [1.807, 2.05) is 36.6 Å². The van der Waals surface area contributed by atoms with E-state index in [1.165, 1.54) is 24.3 Å². The van der Waals surface area contributed by atoms with Gasteiger partial charge in [-0.05, 0) is 55.9 Å². The first-order valence-corrected chi connectivity index (χ1v) is 11.3. The highest BCUT2D eigenvalue weighted by atomic mass is 127. The predicted octanol–water partition coefficient (Wildman–Crippen LogP) is 4.90. The average molecular weight is 538 g/mol. The van der Waals surface area contributed by atoms with Crippen LogP contribution in [-0.4, -0.2) is 44.6 Å². The van der Waals surface area contributed by atoms with Gasteiger partial charge in [-0.3, -0.25) is 9.89 Å². The van der Waals surface area contributed by atoms with Crippen LogP contribution in [0.4, 0.5) is 0 Å². The van der Waals surface area contributed by atoms with Crippen molar-refractivity contribution in [3.8, 4) is 0 Å². The number of furan rings is 1. The number of nitrogens with zero attached hydrogens (tertiary/aromatic N) is 2. The number of piperidine rings is 1. The van der Waals surface area contributed by atoms with Crippen LogP contribution in [0.5, 0.6) is 0 Å². The fourth-order valence-corrected chi connectivity index (χ4v) is 5.28. The van der Waals surface area contributed by atoms with Crippen LogP contribution in [-0.2, 0) is 6.42 Å². The number of hydrogen-bond donors (Lipinski definition) is 2. The molecule has 0 saturated carbocycles. The zero-order valence-electron chi connectivity index (χ0n) is 17.6. The Morgan fingerprint density at radius 2 is 2.10 bits per heavy atom. The lowest BCUT2D eigenvalue weighted by atomic mass is 9.88. The standard InChI is InChI=1S/C23H30N4OS.HI/c1-24-23(25-12-11-19-15-17-7-3-4-9-20(17)28-19)26-16-18-8-5-13-27(2)22(18)21-10-6-14-29-21;/h3-4,6-7,9-10,14-15,18,22H,5,8,11-13,16H2,1-2H3,(H2,24,25,26);1H. The average Bonchev–Trinajstić information content (AvgIpc) is 3.40. The van der Waals surface area contributed by atoms with Gasteiger partial charge in [0.25, 0.3) is 0 Å². The highest BCUT2D eigenvalue weighted by Gasteiger charge is 2.31. The van der Waals surface area contributed by atoms with Crippen molar-refractivity contribution in [1.82, 2.24) is 15.5 Å². The minimum Gasteiger partial charge on any atom is -0.461 e. The molecule has 4 rings (SSSR count). The van der Waals surface area contributed by atoms with Gasteiger partial charge in [0, 0.05) is 42.9 Å². The normalized spacial score (nSPS) is 20.1. The summed E-state index contributed by atoms with van der Waals surface area (Å²) in [6.07, 6.45) is 3.33. The summed E-state index contributed by atoms with van der Waals surface area (Å²) >= 11 is 1.86. The monoisotopic (exact) mass is 538 g/mol. The maximum absolute atomic E-state index is 5.90. The number of guanidine groups is 1. The van der Waals surface area contributed by atoms with E-state index in [2.05, 4.69) is 57.2 Å². The third-order valence-corrected chi connectivity index (χ3v) is 6.68. The molecule has 30 heavy (non-hydrogen) atoms. The van der Waals surface area contributed by atoms with Gasteiger partial charge in [-0.15, -0.1) is 35.3 Å². The van der Waals surface area contributed by atoms with Gasteiger partial charge in [0.05, 0.1) is 0 Å². The number of benzene rings is 1.